The van der Waals surface area contributed by atoms with Crippen molar-refractivity contribution in [3.05, 3.63) is 59.2 Å². The molecular formula is C19H24N2O3S. The molecule has 0 spiro atoms. The molecule has 0 bridgehead atoms. The van der Waals surface area contributed by atoms with Crippen molar-refractivity contribution >= 4 is 21.6 Å². The summed E-state index contributed by atoms with van der Waals surface area (Å²) in [5, 5.41) is 2.73. The van der Waals surface area contributed by atoms with Gasteiger partial charge in [0.05, 0.1) is 11.4 Å². The van der Waals surface area contributed by atoms with E-state index in [0.717, 1.165) is 16.7 Å². The maximum Gasteiger partial charge on any atom is 0.241 e. The molecule has 0 saturated heterocycles. The summed E-state index contributed by atoms with van der Waals surface area (Å²) in [6.07, 6.45) is 0. The highest BCUT2D eigenvalue weighted by Crippen LogP contribution is 2.18. The molecule has 5 nitrogen and oxygen atoms in total. The molecule has 2 aromatic rings. The minimum atomic E-state index is -3.72. The van der Waals surface area contributed by atoms with Crippen molar-refractivity contribution in [2.45, 2.75) is 38.5 Å². The van der Waals surface area contributed by atoms with Gasteiger partial charge in [0, 0.05) is 5.69 Å². The van der Waals surface area contributed by atoms with Gasteiger partial charge >= 0.3 is 0 Å². The van der Waals surface area contributed by atoms with E-state index < -0.39 is 15.9 Å². The van der Waals surface area contributed by atoms with E-state index in [4.69, 9.17) is 0 Å². The van der Waals surface area contributed by atoms with Crippen LogP contribution in [0.2, 0.25) is 0 Å². The number of amides is 1. The first-order valence-corrected chi connectivity index (χ1v) is 9.64. The molecule has 0 radical (unpaired) electrons. The summed E-state index contributed by atoms with van der Waals surface area (Å²) >= 11 is 0. The quantitative estimate of drug-likeness (QED) is 0.829. The third-order valence-electron chi connectivity index (χ3n) is 3.95. The van der Waals surface area contributed by atoms with Gasteiger partial charge < -0.3 is 5.32 Å². The zero-order valence-electron chi connectivity index (χ0n) is 15.0. The van der Waals surface area contributed by atoms with Crippen LogP contribution < -0.4 is 10.0 Å². The SMILES string of the molecule is Cc1ccc(C)c(NC(=O)CNS(=O)(=O)c2ccc(C(C)C)cc2)c1. The Labute approximate surface area is 149 Å². The second-order valence-electron chi connectivity index (χ2n) is 6.41. The van der Waals surface area contributed by atoms with Crippen molar-refractivity contribution < 1.29 is 13.2 Å². The molecule has 0 fully saturated rings. The van der Waals surface area contributed by atoms with Crippen molar-refractivity contribution in [1.29, 1.82) is 0 Å². The summed E-state index contributed by atoms with van der Waals surface area (Å²) < 4.78 is 26.9. The van der Waals surface area contributed by atoms with Crippen LogP contribution in [-0.4, -0.2) is 20.9 Å². The Hall–Kier alpha value is -2.18. The second kappa shape index (κ2) is 7.80. The fourth-order valence-corrected chi connectivity index (χ4v) is 3.32. The highest BCUT2D eigenvalue weighted by atomic mass is 32.2. The van der Waals surface area contributed by atoms with Gasteiger partial charge in [-0.2, -0.15) is 0 Å². The largest absolute Gasteiger partial charge is 0.325 e. The van der Waals surface area contributed by atoms with Gasteiger partial charge in [-0.3, -0.25) is 4.79 Å². The first-order valence-electron chi connectivity index (χ1n) is 8.16. The van der Waals surface area contributed by atoms with Crippen LogP contribution in [0.25, 0.3) is 0 Å². The van der Waals surface area contributed by atoms with Gasteiger partial charge in [0.15, 0.2) is 0 Å². The molecule has 134 valence electrons. The van der Waals surface area contributed by atoms with Crippen molar-refractivity contribution in [3.63, 3.8) is 0 Å². The highest BCUT2D eigenvalue weighted by molar-refractivity contribution is 7.89. The lowest BCUT2D eigenvalue weighted by Gasteiger charge is -2.11. The number of aryl methyl sites for hydroxylation is 2. The van der Waals surface area contributed by atoms with Gasteiger partial charge in [0.1, 0.15) is 0 Å². The Morgan fingerprint density at radius 2 is 1.68 bits per heavy atom. The van der Waals surface area contributed by atoms with Crippen LogP contribution >= 0.6 is 0 Å². The van der Waals surface area contributed by atoms with Crippen LogP contribution in [0, 0.1) is 13.8 Å². The Morgan fingerprint density at radius 3 is 2.28 bits per heavy atom. The van der Waals surface area contributed by atoms with Gasteiger partial charge in [0.2, 0.25) is 15.9 Å². The van der Waals surface area contributed by atoms with Crippen molar-refractivity contribution in [2.75, 3.05) is 11.9 Å². The van der Waals surface area contributed by atoms with Crippen LogP contribution in [0.4, 0.5) is 5.69 Å². The lowest BCUT2D eigenvalue weighted by atomic mass is 10.0. The molecule has 0 aromatic heterocycles. The Bertz CT molecular complexity index is 857. The second-order valence-corrected chi connectivity index (χ2v) is 8.18. The number of carbonyl (C=O) groups is 1. The Balaban J connectivity index is 2.01. The molecule has 2 aromatic carbocycles. The molecule has 0 aliphatic rings. The fraction of sp³-hybridized carbons (Fsp3) is 0.316. The van der Waals surface area contributed by atoms with Gasteiger partial charge in [-0.15, -0.1) is 0 Å². The molecule has 0 atom stereocenters. The monoisotopic (exact) mass is 360 g/mol. The molecule has 0 saturated carbocycles. The molecule has 0 aliphatic heterocycles. The summed E-state index contributed by atoms with van der Waals surface area (Å²) in [6, 6.07) is 12.4. The van der Waals surface area contributed by atoms with E-state index in [-0.39, 0.29) is 11.4 Å². The summed E-state index contributed by atoms with van der Waals surface area (Å²) in [6.45, 7) is 7.58. The predicted molar refractivity (Wildman–Crippen MR) is 100 cm³/mol. The zero-order valence-corrected chi connectivity index (χ0v) is 15.8. The van der Waals surface area contributed by atoms with Crippen LogP contribution in [0.5, 0.6) is 0 Å². The third kappa shape index (κ3) is 5.14. The topological polar surface area (TPSA) is 75.3 Å². The fourth-order valence-electron chi connectivity index (χ4n) is 2.34. The smallest absolute Gasteiger partial charge is 0.241 e. The highest BCUT2D eigenvalue weighted by Gasteiger charge is 2.16. The molecule has 0 unspecified atom stereocenters. The molecule has 2 rings (SSSR count). The van der Waals surface area contributed by atoms with Crippen molar-refractivity contribution in [1.82, 2.24) is 4.72 Å². The first-order chi connectivity index (χ1) is 11.7. The molecule has 6 heteroatoms. The van der Waals surface area contributed by atoms with E-state index in [2.05, 4.69) is 10.0 Å². The number of benzene rings is 2. The van der Waals surface area contributed by atoms with Gasteiger partial charge in [-0.1, -0.05) is 38.1 Å². The first kappa shape index (κ1) is 19.1. The molecule has 1 amide bonds. The van der Waals surface area contributed by atoms with Crippen LogP contribution in [0.15, 0.2) is 47.4 Å². The molecular weight excluding hydrogens is 336 g/mol. The number of hydrogen-bond acceptors (Lipinski definition) is 3. The zero-order chi connectivity index (χ0) is 18.6. The molecule has 0 aliphatic carbocycles. The number of hydrogen-bond donors (Lipinski definition) is 2. The lowest BCUT2D eigenvalue weighted by Crippen LogP contribution is -2.33. The molecule has 2 N–H and O–H groups in total. The Morgan fingerprint density at radius 1 is 1.04 bits per heavy atom. The molecule has 0 heterocycles. The van der Waals surface area contributed by atoms with Crippen molar-refractivity contribution in [3.8, 4) is 0 Å². The lowest BCUT2D eigenvalue weighted by molar-refractivity contribution is -0.115. The normalized spacial score (nSPS) is 11.6. The number of carbonyl (C=O) groups excluding carboxylic acids is 1. The summed E-state index contributed by atoms with van der Waals surface area (Å²) in [4.78, 5) is 12.2. The van der Waals surface area contributed by atoms with Gasteiger partial charge in [0.25, 0.3) is 0 Å². The van der Waals surface area contributed by atoms with Crippen molar-refractivity contribution in [2.24, 2.45) is 0 Å². The van der Waals surface area contributed by atoms with Gasteiger partial charge in [-0.05, 0) is 54.7 Å². The van der Waals surface area contributed by atoms with E-state index in [1.165, 1.54) is 0 Å². The maximum atomic E-state index is 12.3. The van der Waals surface area contributed by atoms with Crippen LogP contribution in [0.3, 0.4) is 0 Å². The number of sulfonamides is 1. The standard InChI is InChI=1S/C19H24N2O3S/c1-13(2)16-7-9-17(10-8-16)25(23,24)20-12-19(22)21-18-11-14(3)5-6-15(18)4/h5-11,13,20H,12H2,1-4H3,(H,21,22). The average molecular weight is 360 g/mol. The molecule has 25 heavy (non-hydrogen) atoms. The summed E-state index contributed by atoms with van der Waals surface area (Å²) in [7, 11) is -3.72. The number of rotatable bonds is 6. The van der Waals surface area contributed by atoms with E-state index >= 15 is 0 Å². The minimum absolute atomic E-state index is 0.149. The van der Waals surface area contributed by atoms with E-state index in [9.17, 15) is 13.2 Å². The summed E-state index contributed by atoms with van der Waals surface area (Å²) in [5.74, 6) is -0.0795. The summed E-state index contributed by atoms with van der Waals surface area (Å²) in [5.41, 5.74) is 3.69. The van der Waals surface area contributed by atoms with Crippen LogP contribution in [0.1, 0.15) is 36.5 Å². The Kier molecular flexibility index (Phi) is 5.98. The predicted octanol–water partition coefficient (Wildman–Crippen LogP) is 3.34. The average Bonchev–Trinajstić information content (AvgIpc) is 2.56. The van der Waals surface area contributed by atoms with Gasteiger partial charge in [-0.25, -0.2) is 13.1 Å². The number of nitrogens with one attached hydrogen (secondary N) is 2. The van der Waals surface area contributed by atoms with E-state index in [0.29, 0.717) is 11.6 Å². The number of anilines is 1. The third-order valence-corrected chi connectivity index (χ3v) is 5.36. The van der Waals surface area contributed by atoms with Crippen LogP contribution in [-0.2, 0) is 14.8 Å². The minimum Gasteiger partial charge on any atom is -0.325 e. The van der Waals surface area contributed by atoms with E-state index in [1.807, 2.05) is 45.9 Å². The van der Waals surface area contributed by atoms with E-state index in [1.54, 1.807) is 24.3 Å². The maximum absolute atomic E-state index is 12.3.